The molecule has 0 saturated carbocycles. The van der Waals surface area contributed by atoms with Crippen molar-refractivity contribution in [3.63, 3.8) is 0 Å². The summed E-state index contributed by atoms with van der Waals surface area (Å²) in [5, 5.41) is 10.8. The van der Waals surface area contributed by atoms with Crippen LogP contribution < -0.4 is 11.3 Å². The molecule has 3 aromatic heterocycles. The van der Waals surface area contributed by atoms with Crippen LogP contribution in [0.1, 0.15) is 18.0 Å². The molecule has 0 fully saturated rings. The monoisotopic (exact) mass is 387 g/mol. The minimum Gasteiger partial charge on any atom is -0.374 e. The molecule has 126 valence electrons. The van der Waals surface area contributed by atoms with Crippen molar-refractivity contribution in [3.05, 3.63) is 51.9 Å². The second kappa shape index (κ2) is 6.58. The number of nitrogens with two attached hydrogens (primary N) is 1. The first kappa shape index (κ1) is 16.2. The highest BCUT2D eigenvalue weighted by Gasteiger charge is 2.17. The number of nitrogens with zero attached hydrogens (tertiary/aromatic N) is 3. The van der Waals surface area contributed by atoms with Gasteiger partial charge in [0.15, 0.2) is 4.34 Å². The van der Waals surface area contributed by atoms with Gasteiger partial charge in [0, 0.05) is 10.9 Å². The summed E-state index contributed by atoms with van der Waals surface area (Å²) in [6.07, 6.45) is 0. The van der Waals surface area contributed by atoms with Crippen LogP contribution >= 0.6 is 34.4 Å². The van der Waals surface area contributed by atoms with Crippen LogP contribution in [0.3, 0.4) is 0 Å². The van der Waals surface area contributed by atoms with Crippen molar-refractivity contribution >= 4 is 49.8 Å². The average Bonchev–Trinajstić information content (AvgIpc) is 3.22. The number of anilines is 1. The van der Waals surface area contributed by atoms with E-state index in [1.807, 2.05) is 42.6 Å². The predicted molar refractivity (Wildman–Crippen MR) is 104 cm³/mol. The van der Waals surface area contributed by atoms with E-state index in [2.05, 4.69) is 20.2 Å². The third-order valence-corrected chi connectivity index (χ3v) is 6.45. The molecule has 0 bridgehead atoms. The van der Waals surface area contributed by atoms with Crippen molar-refractivity contribution in [1.82, 2.24) is 20.2 Å². The molecular formula is C16H13N5OS3. The number of thiophene rings is 1. The maximum atomic E-state index is 12.7. The molecule has 0 aliphatic rings. The Labute approximate surface area is 155 Å². The van der Waals surface area contributed by atoms with Crippen LogP contribution in [-0.4, -0.2) is 20.2 Å². The molecule has 0 aliphatic carbocycles. The number of hydrogen-bond donors (Lipinski definition) is 2. The molecule has 0 saturated heterocycles. The number of thioether (sulfide) groups is 1. The lowest BCUT2D eigenvalue weighted by Crippen LogP contribution is -2.12. The maximum absolute atomic E-state index is 12.7. The fourth-order valence-corrected chi connectivity index (χ4v) is 5.26. The molecule has 6 nitrogen and oxygen atoms in total. The van der Waals surface area contributed by atoms with E-state index in [1.165, 1.54) is 34.4 Å². The van der Waals surface area contributed by atoms with Crippen LogP contribution in [0.5, 0.6) is 0 Å². The van der Waals surface area contributed by atoms with Gasteiger partial charge in [0.05, 0.1) is 10.6 Å². The molecule has 4 aromatic rings. The normalized spacial score (nSPS) is 12.5. The van der Waals surface area contributed by atoms with Crippen LogP contribution in [0.15, 0.2) is 44.8 Å². The largest absolute Gasteiger partial charge is 0.374 e. The lowest BCUT2D eigenvalue weighted by Gasteiger charge is -2.08. The lowest BCUT2D eigenvalue weighted by atomic mass is 10.1. The summed E-state index contributed by atoms with van der Waals surface area (Å²) >= 11 is 4.28. The van der Waals surface area contributed by atoms with Gasteiger partial charge in [-0.25, -0.2) is 4.98 Å². The van der Waals surface area contributed by atoms with Gasteiger partial charge in [-0.05, 0) is 12.5 Å². The zero-order valence-corrected chi connectivity index (χ0v) is 15.5. The summed E-state index contributed by atoms with van der Waals surface area (Å²) in [7, 11) is 0. The van der Waals surface area contributed by atoms with E-state index in [1.54, 1.807) is 0 Å². The first-order valence-electron chi connectivity index (χ1n) is 7.44. The Hall–Kier alpha value is -2.23. The average molecular weight is 388 g/mol. The van der Waals surface area contributed by atoms with Gasteiger partial charge in [-0.15, -0.1) is 21.5 Å². The van der Waals surface area contributed by atoms with Crippen molar-refractivity contribution in [3.8, 4) is 11.1 Å². The van der Waals surface area contributed by atoms with Crippen molar-refractivity contribution in [1.29, 1.82) is 0 Å². The number of nitrogen functional groups attached to an aromatic ring is 1. The molecular weight excluding hydrogens is 374 g/mol. The zero-order valence-electron chi connectivity index (χ0n) is 13.1. The molecule has 0 radical (unpaired) electrons. The Balaban J connectivity index is 1.72. The second-order valence-corrected chi connectivity index (χ2v) is 8.77. The first-order chi connectivity index (χ1) is 12.1. The molecule has 0 aliphatic heterocycles. The Bertz CT molecular complexity index is 1090. The highest BCUT2D eigenvalue weighted by Crippen LogP contribution is 2.36. The van der Waals surface area contributed by atoms with Crippen molar-refractivity contribution in [2.75, 3.05) is 5.73 Å². The quantitative estimate of drug-likeness (QED) is 0.515. The summed E-state index contributed by atoms with van der Waals surface area (Å²) in [5.74, 6) is 0.623. The van der Waals surface area contributed by atoms with E-state index in [4.69, 9.17) is 5.73 Å². The summed E-state index contributed by atoms with van der Waals surface area (Å²) in [5.41, 5.74) is 7.42. The third-order valence-electron chi connectivity index (χ3n) is 3.63. The van der Waals surface area contributed by atoms with E-state index >= 15 is 0 Å². The highest BCUT2D eigenvalue weighted by molar-refractivity contribution is 8.01. The molecule has 25 heavy (non-hydrogen) atoms. The first-order valence-corrected chi connectivity index (χ1v) is 10.0. The van der Waals surface area contributed by atoms with E-state index in [0.717, 1.165) is 20.3 Å². The summed E-state index contributed by atoms with van der Waals surface area (Å²) in [6, 6.07) is 9.86. The number of nitrogens with one attached hydrogen (secondary N) is 1. The number of hydrogen-bond acceptors (Lipinski definition) is 8. The van der Waals surface area contributed by atoms with Gasteiger partial charge in [0.2, 0.25) is 5.13 Å². The highest BCUT2D eigenvalue weighted by atomic mass is 32.2. The number of rotatable bonds is 4. The van der Waals surface area contributed by atoms with Crippen molar-refractivity contribution < 1.29 is 0 Å². The SMILES string of the molecule is C[C@H](Sc1nnc(N)s1)c1nc2scc(-c3ccccc3)c2c(=O)[nH]1. The molecule has 0 unspecified atom stereocenters. The van der Waals surface area contributed by atoms with E-state index in [-0.39, 0.29) is 10.8 Å². The molecule has 3 heterocycles. The minimum atomic E-state index is -0.121. The zero-order chi connectivity index (χ0) is 17.4. The molecule has 1 atom stereocenters. The molecule has 3 N–H and O–H groups in total. The van der Waals surface area contributed by atoms with Gasteiger partial charge in [-0.3, -0.25) is 4.79 Å². The minimum absolute atomic E-state index is 0.0632. The van der Waals surface area contributed by atoms with Crippen LogP contribution in [0, 0.1) is 0 Å². The number of fused-ring (bicyclic) bond motifs is 1. The van der Waals surface area contributed by atoms with Crippen LogP contribution in [0.25, 0.3) is 21.3 Å². The standard InChI is InChI=1S/C16H13N5OS3/c1-8(24-16-21-20-15(17)25-16)12-18-13(22)11-10(7-23-14(11)19-12)9-5-3-2-4-6-9/h2-8H,1H3,(H2,17,20)(H,18,19,22)/t8-/m0/s1. The second-order valence-electron chi connectivity index (χ2n) is 5.31. The predicted octanol–water partition coefficient (Wildman–Crippen LogP) is 3.94. The fraction of sp³-hybridized carbons (Fsp3) is 0.125. The summed E-state index contributed by atoms with van der Waals surface area (Å²) in [6.45, 7) is 1.97. The molecule has 0 amide bonds. The number of H-pyrrole nitrogens is 1. The molecule has 9 heteroatoms. The number of aromatic nitrogens is 4. The van der Waals surface area contributed by atoms with Crippen LogP contribution in [0.2, 0.25) is 0 Å². The summed E-state index contributed by atoms with van der Waals surface area (Å²) < 4.78 is 0.754. The van der Waals surface area contributed by atoms with E-state index in [9.17, 15) is 4.79 Å². The van der Waals surface area contributed by atoms with Crippen LogP contribution in [0.4, 0.5) is 5.13 Å². The number of benzene rings is 1. The van der Waals surface area contributed by atoms with E-state index in [0.29, 0.717) is 16.3 Å². The Morgan fingerprint density at radius 1 is 1.24 bits per heavy atom. The Morgan fingerprint density at radius 2 is 2.04 bits per heavy atom. The van der Waals surface area contributed by atoms with Gasteiger partial charge < -0.3 is 10.7 Å². The summed E-state index contributed by atoms with van der Waals surface area (Å²) in [4.78, 5) is 21.0. The molecule has 4 rings (SSSR count). The van der Waals surface area contributed by atoms with Crippen LogP contribution in [-0.2, 0) is 0 Å². The van der Waals surface area contributed by atoms with Gasteiger partial charge in [-0.2, -0.15) is 0 Å². The van der Waals surface area contributed by atoms with Gasteiger partial charge in [0.25, 0.3) is 5.56 Å². The fourth-order valence-electron chi connectivity index (χ4n) is 2.46. The van der Waals surface area contributed by atoms with E-state index < -0.39 is 0 Å². The van der Waals surface area contributed by atoms with Crippen molar-refractivity contribution in [2.45, 2.75) is 16.5 Å². The topological polar surface area (TPSA) is 97.5 Å². The van der Waals surface area contributed by atoms with Gasteiger partial charge >= 0.3 is 0 Å². The lowest BCUT2D eigenvalue weighted by molar-refractivity contribution is 0.919. The number of aromatic amines is 1. The Morgan fingerprint density at radius 3 is 2.76 bits per heavy atom. The van der Waals surface area contributed by atoms with Gasteiger partial charge in [-0.1, -0.05) is 53.4 Å². The maximum Gasteiger partial charge on any atom is 0.260 e. The smallest absolute Gasteiger partial charge is 0.260 e. The molecule has 1 aromatic carbocycles. The third kappa shape index (κ3) is 3.17. The van der Waals surface area contributed by atoms with Crippen molar-refractivity contribution in [2.24, 2.45) is 0 Å². The molecule has 0 spiro atoms. The van der Waals surface area contributed by atoms with Gasteiger partial charge in [0.1, 0.15) is 10.7 Å². The Kier molecular flexibility index (Phi) is 4.28.